The van der Waals surface area contributed by atoms with Crippen LogP contribution in [0.15, 0.2) is 12.3 Å². The van der Waals surface area contributed by atoms with E-state index in [9.17, 15) is 9.59 Å². The van der Waals surface area contributed by atoms with Crippen molar-refractivity contribution in [1.82, 2.24) is 10.6 Å². The number of hydrogen-bond acceptors (Lipinski definition) is 2. The second-order valence-electron chi connectivity index (χ2n) is 1.77. The maximum Gasteiger partial charge on any atom is 0.326 e. The lowest BCUT2D eigenvalue weighted by molar-refractivity contribution is 0.233. The second kappa shape index (κ2) is 5.28. The smallest absolute Gasteiger partial charge is 0.326 e. The molecule has 5 nitrogen and oxygen atoms in total. The summed E-state index contributed by atoms with van der Waals surface area (Å²) >= 11 is 0. The zero-order valence-electron chi connectivity index (χ0n) is 6.26. The first-order valence-electron chi connectivity index (χ1n) is 3.18. The molecule has 0 unspecified atom stereocenters. The van der Waals surface area contributed by atoms with E-state index in [2.05, 4.69) is 11.1 Å². The number of rotatable bonds is 2. The first-order valence-corrected chi connectivity index (χ1v) is 3.18. The van der Waals surface area contributed by atoms with Crippen LogP contribution in [0, 0.1) is 0 Å². The maximum atomic E-state index is 10.6. The molecule has 0 heterocycles. The number of hydrogen-bond donors (Lipinski definition) is 3. The standard InChI is InChI=1S/C6H11N3O2/c1-2-3-4-8-6(11)9-5(7)10/h3-4H,2H2,1H3,(H4,7,8,9,10,11). The fourth-order valence-electron chi connectivity index (χ4n) is 0.400. The zero-order valence-corrected chi connectivity index (χ0v) is 6.26. The minimum atomic E-state index is -0.868. The van der Waals surface area contributed by atoms with Gasteiger partial charge in [0.2, 0.25) is 0 Å². The van der Waals surface area contributed by atoms with Gasteiger partial charge in [-0.1, -0.05) is 13.0 Å². The Morgan fingerprint density at radius 3 is 2.64 bits per heavy atom. The monoisotopic (exact) mass is 157 g/mol. The number of nitrogens with one attached hydrogen (secondary N) is 2. The molecule has 0 bridgehead atoms. The molecule has 0 radical (unpaired) electrons. The molecule has 0 saturated carbocycles. The predicted molar refractivity (Wildman–Crippen MR) is 40.7 cm³/mol. The van der Waals surface area contributed by atoms with Gasteiger partial charge >= 0.3 is 12.1 Å². The van der Waals surface area contributed by atoms with Gasteiger partial charge in [0.25, 0.3) is 0 Å². The molecule has 62 valence electrons. The summed E-state index contributed by atoms with van der Waals surface area (Å²) < 4.78 is 0. The molecule has 4 amide bonds. The first kappa shape index (κ1) is 9.48. The number of carbonyl (C=O) groups excluding carboxylic acids is 2. The number of nitrogens with two attached hydrogens (primary N) is 1. The number of imide groups is 1. The van der Waals surface area contributed by atoms with Gasteiger partial charge in [0.1, 0.15) is 0 Å². The fourth-order valence-corrected chi connectivity index (χ4v) is 0.400. The Hall–Kier alpha value is -1.52. The number of carbonyl (C=O) groups is 2. The van der Waals surface area contributed by atoms with Crippen LogP contribution in [0.4, 0.5) is 9.59 Å². The lowest BCUT2D eigenvalue weighted by Gasteiger charge is -1.97. The van der Waals surface area contributed by atoms with Gasteiger partial charge in [0.15, 0.2) is 0 Å². The topological polar surface area (TPSA) is 84.2 Å². The molecular weight excluding hydrogens is 146 g/mol. The van der Waals surface area contributed by atoms with Crippen LogP contribution in [-0.2, 0) is 0 Å². The van der Waals surface area contributed by atoms with Crippen LogP contribution >= 0.6 is 0 Å². The molecule has 5 heteroatoms. The Bertz CT molecular complexity index is 177. The van der Waals surface area contributed by atoms with E-state index >= 15 is 0 Å². The number of urea groups is 2. The van der Waals surface area contributed by atoms with Gasteiger partial charge in [0.05, 0.1) is 0 Å². The van der Waals surface area contributed by atoms with Crippen molar-refractivity contribution in [3.05, 3.63) is 12.3 Å². The van der Waals surface area contributed by atoms with Crippen molar-refractivity contribution >= 4 is 12.1 Å². The van der Waals surface area contributed by atoms with E-state index in [1.165, 1.54) is 6.20 Å². The van der Waals surface area contributed by atoms with Crippen molar-refractivity contribution in [3.8, 4) is 0 Å². The molecule has 11 heavy (non-hydrogen) atoms. The Labute approximate surface area is 64.6 Å². The summed E-state index contributed by atoms with van der Waals surface area (Å²) in [5.41, 5.74) is 4.66. The van der Waals surface area contributed by atoms with Crippen LogP contribution < -0.4 is 16.4 Å². The van der Waals surface area contributed by atoms with Crippen LogP contribution in [0.2, 0.25) is 0 Å². The molecular formula is C6H11N3O2. The molecule has 0 aromatic heterocycles. The van der Waals surface area contributed by atoms with Gasteiger partial charge in [-0.2, -0.15) is 0 Å². The van der Waals surface area contributed by atoms with E-state index in [0.29, 0.717) is 0 Å². The summed E-state index contributed by atoms with van der Waals surface area (Å²) in [5.74, 6) is 0. The summed E-state index contributed by atoms with van der Waals surface area (Å²) in [4.78, 5) is 20.6. The molecule has 0 aliphatic heterocycles. The first-order chi connectivity index (χ1) is 5.16. The summed E-state index contributed by atoms with van der Waals surface area (Å²) in [7, 11) is 0. The Balaban J connectivity index is 3.53. The van der Waals surface area contributed by atoms with Crippen molar-refractivity contribution in [1.29, 1.82) is 0 Å². The normalized spacial score (nSPS) is 9.55. The average molecular weight is 157 g/mol. The van der Waals surface area contributed by atoms with Crippen molar-refractivity contribution in [2.24, 2.45) is 5.73 Å². The predicted octanol–water partition coefficient (Wildman–Crippen LogP) is 0.288. The molecule has 0 aromatic rings. The van der Waals surface area contributed by atoms with E-state index in [1.807, 2.05) is 12.2 Å². The van der Waals surface area contributed by atoms with E-state index in [1.54, 1.807) is 6.08 Å². The van der Waals surface area contributed by atoms with Gasteiger partial charge in [-0.05, 0) is 6.42 Å². The second-order valence-corrected chi connectivity index (χ2v) is 1.77. The van der Waals surface area contributed by atoms with E-state index < -0.39 is 12.1 Å². The molecule has 0 saturated heterocycles. The molecule has 0 aliphatic carbocycles. The maximum absolute atomic E-state index is 10.6. The third kappa shape index (κ3) is 6.36. The molecule has 4 N–H and O–H groups in total. The highest BCUT2D eigenvalue weighted by Crippen LogP contribution is 1.75. The Morgan fingerprint density at radius 2 is 2.18 bits per heavy atom. The lowest BCUT2D eigenvalue weighted by atomic mass is 10.5. The van der Waals surface area contributed by atoms with Gasteiger partial charge in [-0.3, -0.25) is 5.32 Å². The van der Waals surface area contributed by atoms with Crippen LogP contribution in [0.5, 0.6) is 0 Å². The summed E-state index contributed by atoms with van der Waals surface area (Å²) in [6, 6.07) is -1.49. The van der Waals surface area contributed by atoms with E-state index in [-0.39, 0.29) is 0 Å². The van der Waals surface area contributed by atoms with E-state index in [4.69, 9.17) is 0 Å². The molecule has 0 aromatic carbocycles. The highest BCUT2D eigenvalue weighted by Gasteiger charge is 1.97. The quantitative estimate of drug-likeness (QED) is 0.538. The van der Waals surface area contributed by atoms with Gasteiger partial charge in [-0.15, -0.1) is 0 Å². The van der Waals surface area contributed by atoms with Gasteiger partial charge in [0, 0.05) is 6.20 Å². The van der Waals surface area contributed by atoms with Crippen LogP contribution in [0.1, 0.15) is 13.3 Å². The van der Waals surface area contributed by atoms with Crippen molar-refractivity contribution in [2.75, 3.05) is 0 Å². The van der Waals surface area contributed by atoms with Gasteiger partial charge in [-0.25, -0.2) is 9.59 Å². The highest BCUT2D eigenvalue weighted by atomic mass is 16.2. The van der Waals surface area contributed by atoms with Crippen molar-refractivity contribution in [3.63, 3.8) is 0 Å². The minimum absolute atomic E-state index is 0.623. The van der Waals surface area contributed by atoms with Crippen molar-refractivity contribution < 1.29 is 9.59 Å². The molecule has 0 aliphatic rings. The molecule has 0 fully saturated rings. The van der Waals surface area contributed by atoms with Gasteiger partial charge < -0.3 is 11.1 Å². The third-order valence-electron chi connectivity index (χ3n) is 0.805. The summed E-state index contributed by atoms with van der Waals surface area (Å²) in [6.07, 6.45) is 4.00. The Kier molecular flexibility index (Phi) is 4.55. The number of primary amides is 1. The average Bonchev–Trinajstić information content (AvgIpc) is 1.86. The van der Waals surface area contributed by atoms with Crippen molar-refractivity contribution in [2.45, 2.75) is 13.3 Å². The minimum Gasteiger partial charge on any atom is -0.351 e. The van der Waals surface area contributed by atoms with Crippen LogP contribution in [-0.4, -0.2) is 12.1 Å². The lowest BCUT2D eigenvalue weighted by Crippen LogP contribution is -2.40. The van der Waals surface area contributed by atoms with Crippen LogP contribution in [0.3, 0.4) is 0 Å². The van der Waals surface area contributed by atoms with E-state index in [0.717, 1.165) is 6.42 Å². The summed E-state index contributed by atoms with van der Waals surface area (Å²) in [6.45, 7) is 1.92. The Morgan fingerprint density at radius 1 is 1.55 bits per heavy atom. The number of amides is 4. The third-order valence-corrected chi connectivity index (χ3v) is 0.805. The molecule has 0 atom stereocenters. The SMILES string of the molecule is CCC=CNC(=O)NC(N)=O. The zero-order chi connectivity index (χ0) is 8.69. The fraction of sp³-hybridized carbons (Fsp3) is 0.333. The van der Waals surface area contributed by atoms with Crippen LogP contribution in [0.25, 0.3) is 0 Å². The summed E-state index contributed by atoms with van der Waals surface area (Å²) in [5, 5.41) is 4.12. The highest BCUT2D eigenvalue weighted by molar-refractivity contribution is 5.92. The molecule has 0 spiro atoms. The molecule has 0 rings (SSSR count). The largest absolute Gasteiger partial charge is 0.351 e. The number of allylic oxidation sites excluding steroid dienone is 1.